The van der Waals surface area contributed by atoms with E-state index in [9.17, 15) is 4.79 Å². The second kappa shape index (κ2) is 7.19. The molecule has 0 bridgehead atoms. The fourth-order valence-electron chi connectivity index (χ4n) is 4.33. The van der Waals surface area contributed by atoms with Gasteiger partial charge in [-0.05, 0) is 63.8 Å². The molecule has 3 aromatic heterocycles. The van der Waals surface area contributed by atoms with Crippen LogP contribution in [0.2, 0.25) is 0 Å². The van der Waals surface area contributed by atoms with Crippen LogP contribution in [-0.4, -0.2) is 46.9 Å². The Labute approximate surface area is 174 Å². The smallest absolute Gasteiger partial charge is 0.252 e. The SMILES string of the molecule is Cc1ccc2nc([C@@H]3CCCCN3C(=O)Cc3nc4nc(C)cc(C)n4n3)[nH]c2c1. The molecule has 1 aliphatic rings. The Bertz CT molecular complexity index is 1260. The van der Waals surface area contributed by atoms with Gasteiger partial charge in [-0.25, -0.2) is 14.5 Å². The van der Waals surface area contributed by atoms with Crippen molar-refractivity contribution in [3.8, 4) is 0 Å². The topological polar surface area (TPSA) is 92.1 Å². The maximum absolute atomic E-state index is 13.2. The van der Waals surface area contributed by atoms with E-state index in [0.29, 0.717) is 11.6 Å². The van der Waals surface area contributed by atoms with Gasteiger partial charge in [-0.3, -0.25) is 4.79 Å². The molecule has 1 aromatic carbocycles. The summed E-state index contributed by atoms with van der Waals surface area (Å²) in [6.07, 6.45) is 3.15. The maximum atomic E-state index is 13.2. The lowest BCUT2D eigenvalue weighted by atomic mass is 10.0. The van der Waals surface area contributed by atoms with Crippen LogP contribution in [0.15, 0.2) is 24.3 Å². The fourth-order valence-corrected chi connectivity index (χ4v) is 4.33. The summed E-state index contributed by atoms with van der Waals surface area (Å²) in [6.45, 7) is 6.69. The first-order valence-corrected chi connectivity index (χ1v) is 10.4. The minimum absolute atomic E-state index is 0.0293. The summed E-state index contributed by atoms with van der Waals surface area (Å²) in [7, 11) is 0. The lowest BCUT2D eigenvalue weighted by molar-refractivity contribution is -0.134. The number of nitrogens with one attached hydrogen (secondary N) is 1. The number of piperidine rings is 1. The molecular weight excluding hydrogens is 378 g/mol. The molecule has 1 saturated heterocycles. The highest BCUT2D eigenvalue weighted by atomic mass is 16.2. The van der Waals surface area contributed by atoms with Crippen LogP contribution < -0.4 is 0 Å². The molecule has 1 amide bonds. The lowest BCUT2D eigenvalue weighted by Crippen LogP contribution is -2.40. The summed E-state index contributed by atoms with van der Waals surface area (Å²) in [5.74, 6) is 1.94. The van der Waals surface area contributed by atoms with Gasteiger partial charge in [0.2, 0.25) is 5.91 Å². The third-order valence-electron chi connectivity index (χ3n) is 5.77. The predicted octanol–water partition coefficient (Wildman–Crippen LogP) is 3.22. The molecule has 1 fully saturated rings. The highest BCUT2D eigenvalue weighted by molar-refractivity contribution is 5.79. The van der Waals surface area contributed by atoms with Crippen LogP contribution >= 0.6 is 0 Å². The van der Waals surface area contributed by atoms with E-state index in [1.807, 2.05) is 30.9 Å². The number of rotatable bonds is 3. The summed E-state index contributed by atoms with van der Waals surface area (Å²) in [4.78, 5) is 32.3. The summed E-state index contributed by atoms with van der Waals surface area (Å²) >= 11 is 0. The van der Waals surface area contributed by atoms with Gasteiger partial charge < -0.3 is 9.88 Å². The van der Waals surface area contributed by atoms with Crippen LogP contribution in [0.1, 0.15) is 53.9 Å². The van der Waals surface area contributed by atoms with E-state index in [1.54, 1.807) is 4.52 Å². The highest BCUT2D eigenvalue weighted by Crippen LogP contribution is 2.31. The Morgan fingerprint density at radius 2 is 2.00 bits per heavy atom. The van der Waals surface area contributed by atoms with Crippen molar-refractivity contribution in [2.45, 2.75) is 52.5 Å². The fraction of sp³-hybridized carbons (Fsp3) is 0.409. The average molecular weight is 403 g/mol. The molecule has 8 nitrogen and oxygen atoms in total. The zero-order valence-corrected chi connectivity index (χ0v) is 17.5. The number of hydrogen-bond acceptors (Lipinski definition) is 5. The monoisotopic (exact) mass is 403 g/mol. The van der Waals surface area contributed by atoms with Gasteiger partial charge >= 0.3 is 0 Å². The number of aromatic amines is 1. The van der Waals surface area contributed by atoms with E-state index in [1.165, 1.54) is 5.56 Å². The van der Waals surface area contributed by atoms with E-state index in [4.69, 9.17) is 4.98 Å². The van der Waals surface area contributed by atoms with E-state index in [2.05, 4.69) is 39.1 Å². The van der Waals surface area contributed by atoms with Crippen LogP contribution in [0.25, 0.3) is 16.8 Å². The van der Waals surface area contributed by atoms with E-state index >= 15 is 0 Å². The molecule has 4 heterocycles. The summed E-state index contributed by atoms with van der Waals surface area (Å²) in [5.41, 5.74) is 4.99. The van der Waals surface area contributed by atoms with E-state index < -0.39 is 0 Å². The van der Waals surface area contributed by atoms with Crippen molar-refractivity contribution < 1.29 is 4.79 Å². The van der Waals surface area contributed by atoms with Crippen molar-refractivity contribution in [1.29, 1.82) is 0 Å². The summed E-state index contributed by atoms with van der Waals surface area (Å²) < 4.78 is 1.70. The molecule has 4 aromatic rings. The van der Waals surface area contributed by atoms with Gasteiger partial charge in [0, 0.05) is 17.9 Å². The number of aromatic nitrogens is 6. The molecule has 1 atom stereocenters. The number of aryl methyl sites for hydroxylation is 3. The van der Waals surface area contributed by atoms with Gasteiger partial charge in [-0.1, -0.05) is 6.07 Å². The Morgan fingerprint density at radius 1 is 1.13 bits per heavy atom. The molecule has 1 aliphatic heterocycles. The number of carbonyl (C=O) groups excluding carboxylic acids is 1. The van der Waals surface area contributed by atoms with Crippen molar-refractivity contribution in [2.24, 2.45) is 0 Å². The zero-order valence-electron chi connectivity index (χ0n) is 17.5. The second-order valence-electron chi connectivity index (χ2n) is 8.20. The van der Waals surface area contributed by atoms with Crippen LogP contribution in [0.4, 0.5) is 0 Å². The van der Waals surface area contributed by atoms with Gasteiger partial charge in [0.1, 0.15) is 5.82 Å². The average Bonchev–Trinajstić information content (AvgIpc) is 3.31. The van der Waals surface area contributed by atoms with Gasteiger partial charge in [0.15, 0.2) is 5.82 Å². The Morgan fingerprint density at radius 3 is 2.87 bits per heavy atom. The molecule has 154 valence electrons. The number of benzene rings is 1. The quantitative estimate of drug-likeness (QED) is 0.567. The number of carbonyl (C=O) groups is 1. The first-order valence-electron chi connectivity index (χ1n) is 10.4. The molecule has 8 heteroatoms. The number of likely N-dealkylation sites (tertiary alicyclic amines) is 1. The third-order valence-corrected chi connectivity index (χ3v) is 5.77. The number of nitrogens with zero attached hydrogens (tertiary/aromatic N) is 6. The summed E-state index contributed by atoms with van der Waals surface area (Å²) in [5, 5.41) is 4.50. The van der Waals surface area contributed by atoms with Crippen LogP contribution in [0.3, 0.4) is 0 Å². The molecule has 0 radical (unpaired) electrons. The Balaban J connectivity index is 1.42. The number of amides is 1. The predicted molar refractivity (Wildman–Crippen MR) is 113 cm³/mol. The normalized spacial score (nSPS) is 17.2. The van der Waals surface area contributed by atoms with Crippen molar-refractivity contribution in [1.82, 2.24) is 34.4 Å². The Hall–Kier alpha value is -3.29. The largest absolute Gasteiger partial charge is 0.340 e. The molecule has 0 saturated carbocycles. The van der Waals surface area contributed by atoms with Crippen LogP contribution in [0, 0.1) is 20.8 Å². The maximum Gasteiger partial charge on any atom is 0.252 e. The zero-order chi connectivity index (χ0) is 20.8. The summed E-state index contributed by atoms with van der Waals surface area (Å²) in [6, 6.07) is 8.09. The minimum Gasteiger partial charge on any atom is -0.340 e. The molecule has 5 rings (SSSR count). The van der Waals surface area contributed by atoms with E-state index in [-0.39, 0.29) is 18.4 Å². The first kappa shape index (κ1) is 18.7. The number of H-pyrrole nitrogens is 1. The third kappa shape index (κ3) is 3.32. The van der Waals surface area contributed by atoms with Crippen LogP contribution in [0.5, 0.6) is 0 Å². The molecule has 0 unspecified atom stereocenters. The number of fused-ring (bicyclic) bond motifs is 2. The number of imidazole rings is 1. The van der Waals surface area contributed by atoms with Gasteiger partial charge in [-0.2, -0.15) is 4.98 Å². The van der Waals surface area contributed by atoms with Gasteiger partial charge in [-0.15, -0.1) is 5.10 Å². The molecule has 0 aliphatic carbocycles. The van der Waals surface area contributed by atoms with Gasteiger partial charge in [0.25, 0.3) is 5.78 Å². The lowest BCUT2D eigenvalue weighted by Gasteiger charge is -2.34. The standard InChI is InChI=1S/C22H25N7O/c1-13-7-8-16-17(10-13)25-21(24-16)18-6-4-5-9-28(18)20(30)12-19-26-22-23-14(2)11-15(3)29(22)27-19/h7-8,10-11,18H,4-6,9,12H2,1-3H3,(H,24,25)/t18-/m0/s1. The van der Waals surface area contributed by atoms with Crippen LogP contribution in [-0.2, 0) is 11.2 Å². The molecule has 0 spiro atoms. The van der Waals surface area contributed by atoms with Crippen molar-refractivity contribution in [2.75, 3.05) is 6.54 Å². The van der Waals surface area contributed by atoms with Gasteiger partial charge in [0.05, 0.1) is 23.5 Å². The second-order valence-corrected chi connectivity index (χ2v) is 8.20. The number of hydrogen-bond donors (Lipinski definition) is 1. The minimum atomic E-state index is -0.0434. The first-order chi connectivity index (χ1) is 14.5. The molecule has 30 heavy (non-hydrogen) atoms. The van der Waals surface area contributed by atoms with Crippen molar-refractivity contribution >= 4 is 22.7 Å². The highest BCUT2D eigenvalue weighted by Gasteiger charge is 2.31. The van der Waals surface area contributed by atoms with Crippen molar-refractivity contribution in [3.05, 3.63) is 52.9 Å². The van der Waals surface area contributed by atoms with E-state index in [0.717, 1.165) is 54.1 Å². The molecule has 1 N–H and O–H groups in total. The molecular formula is C22H25N7O. The van der Waals surface area contributed by atoms with Crippen molar-refractivity contribution in [3.63, 3.8) is 0 Å². The Kier molecular flexibility index (Phi) is 4.49.